The van der Waals surface area contributed by atoms with Crippen molar-refractivity contribution in [1.82, 2.24) is 19.9 Å². The summed E-state index contributed by atoms with van der Waals surface area (Å²) >= 11 is 0. The number of fused-ring (bicyclic) bond motifs is 4. The molecule has 42 heavy (non-hydrogen) atoms. The summed E-state index contributed by atoms with van der Waals surface area (Å²) < 4.78 is 0. The topological polar surface area (TPSA) is 51.6 Å². The normalized spacial score (nSPS) is 11.3. The molecule has 4 nitrogen and oxygen atoms in total. The fraction of sp³-hybridized carbons (Fsp3) is 0. The highest BCUT2D eigenvalue weighted by Crippen LogP contribution is 2.38. The van der Waals surface area contributed by atoms with Gasteiger partial charge in [0, 0.05) is 39.7 Å². The van der Waals surface area contributed by atoms with Gasteiger partial charge in [-0.05, 0) is 53.1 Å². The molecule has 0 fully saturated rings. The minimum Gasteiger partial charge on any atom is -0.255 e. The largest absolute Gasteiger partial charge is 0.255 e. The molecule has 0 aliphatic carbocycles. The van der Waals surface area contributed by atoms with Gasteiger partial charge in [0.15, 0.2) is 0 Å². The number of pyridine rings is 4. The van der Waals surface area contributed by atoms with Gasteiger partial charge in [0.25, 0.3) is 0 Å². The second kappa shape index (κ2) is 10.0. The molecule has 4 heteroatoms. The molecule has 0 aliphatic heterocycles. The summed E-state index contributed by atoms with van der Waals surface area (Å²) in [5, 5.41) is 3.34. The lowest BCUT2D eigenvalue weighted by molar-refractivity contribution is 1.25. The van der Waals surface area contributed by atoms with Crippen LogP contribution < -0.4 is 0 Å². The van der Waals surface area contributed by atoms with Gasteiger partial charge in [-0.15, -0.1) is 0 Å². The Bertz CT molecular complexity index is 2220. The summed E-state index contributed by atoms with van der Waals surface area (Å²) in [4.78, 5) is 19.0. The molecule has 0 atom stereocenters. The SMILES string of the molecule is c1ccc(-c2cccc(-c3ccc(-c4ccc(-c5c6ccccc6nc6c5ccc5cccnc56)cc4)cc3)n2)nc1. The summed E-state index contributed by atoms with van der Waals surface area (Å²) in [5.41, 5.74) is 11.2. The molecule has 0 amide bonds. The molecule has 0 spiro atoms. The first-order valence-corrected chi connectivity index (χ1v) is 14.0. The number of hydrogen-bond acceptors (Lipinski definition) is 4. The van der Waals surface area contributed by atoms with Crippen LogP contribution in [-0.2, 0) is 0 Å². The monoisotopic (exact) mass is 536 g/mol. The van der Waals surface area contributed by atoms with Crippen molar-refractivity contribution < 1.29 is 0 Å². The molecule has 4 heterocycles. The molecule has 4 aromatic heterocycles. The van der Waals surface area contributed by atoms with Gasteiger partial charge in [-0.2, -0.15) is 0 Å². The Morgan fingerprint density at radius 3 is 1.86 bits per heavy atom. The molecule has 0 unspecified atom stereocenters. The highest BCUT2D eigenvalue weighted by atomic mass is 14.8. The quantitative estimate of drug-likeness (QED) is 0.166. The second-order valence-corrected chi connectivity index (χ2v) is 10.3. The van der Waals surface area contributed by atoms with Crippen LogP contribution in [0.2, 0.25) is 0 Å². The minimum atomic E-state index is 0.868. The molecule has 0 radical (unpaired) electrons. The van der Waals surface area contributed by atoms with Crippen LogP contribution in [0.4, 0.5) is 0 Å². The maximum absolute atomic E-state index is 5.04. The van der Waals surface area contributed by atoms with Gasteiger partial charge in [0.2, 0.25) is 0 Å². The van der Waals surface area contributed by atoms with E-state index in [2.05, 4.69) is 94.9 Å². The molecular weight excluding hydrogens is 512 g/mol. The van der Waals surface area contributed by atoms with Crippen LogP contribution in [0, 0.1) is 0 Å². The number of rotatable bonds is 4. The average Bonchev–Trinajstić information content (AvgIpc) is 3.08. The van der Waals surface area contributed by atoms with Crippen LogP contribution >= 0.6 is 0 Å². The van der Waals surface area contributed by atoms with E-state index in [0.29, 0.717) is 0 Å². The van der Waals surface area contributed by atoms with Crippen LogP contribution in [-0.4, -0.2) is 19.9 Å². The smallest absolute Gasteiger partial charge is 0.0978 e. The molecule has 0 bridgehead atoms. The van der Waals surface area contributed by atoms with E-state index in [-0.39, 0.29) is 0 Å². The van der Waals surface area contributed by atoms with Crippen molar-refractivity contribution >= 4 is 32.7 Å². The molecule has 8 aromatic rings. The summed E-state index contributed by atoms with van der Waals surface area (Å²) in [6, 6.07) is 46.1. The Morgan fingerprint density at radius 2 is 1.05 bits per heavy atom. The van der Waals surface area contributed by atoms with Gasteiger partial charge in [0.1, 0.15) is 0 Å². The lowest BCUT2D eigenvalue weighted by Gasteiger charge is -2.13. The van der Waals surface area contributed by atoms with E-state index < -0.39 is 0 Å². The predicted molar refractivity (Wildman–Crippen MR) is 172 cm³/mol. The number of hydrogen-bond donors (Lipinski definition) is 0. The van der Waals surface area contributed by atoms with Gasteiger partial charge >= 0.3 is 0 Å². The number of para-hydroxylation sites is 1. The highest BCUT2D eigenvalue weighted by Gasteiger charge is 2.14. The van der Waals surface area contributed by atoms with Gasteiger partial charge in [0.05, 0.1) is 33.6 Å². The van der Waals surface area contributed by atoms with Crippen molar-refractivity contribution in [3.63, 3.8) is 0 Å². The summed E-state index contributed by atoms with van der Waals surface area (Å²) in [5.74, 6) is 0. The van der Waals surface area contributed by atoms with Crippen molar-refractivity contribution in [2.75, 3.05) is 0 Å². The summed E-state index contributed by atoms with van der Waals surface area (Å²) in [6.45, 7) is 0. The van der Waals surface area contributed by atoms with Crippen molar-refractivity contribution in [3.05, 3.63) is 146 Å². The van der Waals surface area contributed by atoms with Gasteiger partial charge in [-0.25, -0.2) is 9.97 Å². The zero-order chi connectivity index (χ0) is 27.9. The molecule has 0 N–H and O–H groups in total. The van der Waals surface area contributed by atoms with Crippen LogP contribution in [0.5, 0.6) is 0 Å². The third-order valence-electron chi connectivity index (χ3n) is 7.79. The Balaban J connectivity index is 1.16. The molecular formula is C38H24N4. The Labute approximate surface area is 243 Å². The Kier molecular flexibility index (Phi) is 5.75. The van der Waals surface area contributed by atoms with E-state index in [1.165, 1.54) is 5.56 Å². The fourth-order valence-corrected chi connectivity index (χ4v) is 5.72. The Morgan fingerprint density at radius 1 is 0.357 bits per heavy atom. The third-order valence-corrected chi connectivity index (χ3v) is 7.79. The van der Waals surface area contributed by atoms with E-state index in [9.17, 15) is 0 Å². The predicted octanol–water partition coefficient (Wildman–Crippen LogP) is 9.39. The summed E-state index contributed by atoms with van der Waals surface area (Å²) in [7, 11) is 0. The second-order valence-electron chi connectivity index (χ2n) is 10.3. The van der Waals surface area contributed by atoms with Crippen LogP contribution in [0.3, 0.4) is 0 Å². The van der Waals surface area contributed by atoms with Crippen LogP contribution in [0.25, 0.3) is 77.6 Å². The zero-order valence-corrected chi connectivity index (χ0v) is 22.6. The molecule has 0 saturated carbocycles. The number of aromatic nitrogens is 4. The summed E-state index contributed by atoms with van der Waals surface area (Å²) in [6.07, 6.45) is 3.63. The minimum absolute atomic E-state index is 0.868. The molecule has 0 saturated heterocycles. The Hall–Kier alpha value is -5.74. The maximum atomic E-state index is 5.04. The average molecular weight is 537 g/mol. The van der Waals surface area contributed by atoms with Crippen molar-refractivity contribution in [2.45, 2.75) is 0 Å². The first kappa shape index (κ1) is 24.1. The molecule has 196 valence electrons. The van der Waals surface area contributed by atoms with Crippen molar-refractivity contribution in [2.24, 2.45) is 0 Å². The first-order chi connectivity index (χ1) is 20.8. The fourth-order valence-electron chi connectivity index (χ4n) is 5.72. The number of nitrogens with zero attached hydrogens (tertiary/aromatic N) is 4. The van der Waals surface area contributed by atoms with Gasteiger partial charge in [-0.1, -0.05) is 97.1 Å². The zero-order valence-electron chi connectivity index (χ0n) is 22.6. The number of benzene rings is 4. The standard InChI is InChI=1S/C38H24N4/c1-2-9-33-30(8-1)36(31-22-21-29-7-6-24-40-37(29)38(31)42-33)28-19-15-26(16-20-28)25-13-17-27(18-14-25)32-11-5-12-35(41-32)34-10-3-4-23-39-34/h1-24H. The van der Waals surface area contributed by atoms with Crippen molar-refractivity contribution in [3.8, 4) is 44.9 Å². The van der Waals surface area contributed by atoms with E-state index in [1.807, 2.05) is 54.7 Å². The van der Waals surface area contributed by atoms with E-state index >= 15 is 0 Å². The van der Waals surface area contributed by atoms with E-state index in [1.54, 1.807) is 6.20 Å². The molecule has 0 aliphatic rings. The first-order valence-electron chi connectivity index (χ1n) is 14.0. The lowest BCUT2D eigenvalue weighted by atomic mass is 9.93. The van der Waals surface area contributed by atoms with Crippen molar-refractivity contribution in [1.29, 1.82) is 0 Å². The van der Waals surface area contributed by atoms with Crippen LogP contribution in [0.1, 0.15) is 0 Å². The van der Waals surface area contributed by atoms with Gasteiger partial charge in [-0.3, -0.25) is 9.97 Å². The van der Waals surface area contributed by atoms with Crippen LogP contribution in [0.15, 0.2) is 146 Å². The third kappa shape index (κ3) is 4.18. The lowest BCUT2D eigenvalue weighted by Crippen LogP contribution is -1.92. The molecule has 4 aromatic carbocycles. The molecule has 8 rings (SSSR count). The van der Waals surface area contributed by atoms with E-state index in [4.69, 9.17) is 9.97 Å². The van der Waals surface area contributed by atoms with E-state index in [0.717, 1.165) is 72.0 Å². The van der Waals surface area contributed by atoms with Gasteiger partial charge < -0.3 is 0 Å². The highest BCUT2D eigenvalue weighted by molar-refractivity contribution is 6.15. The maximum Gasteiger partial charge on any atom is 0.0978 e.